The van der Waals surface area contributed by atoms with Crippen LogP contribution in [0.5, 0.6) is 0 Å². The highest BCUT2D eigenvalue weighted by Crippen LogP contribution is 2.19. The minimum atomic E-state index is -0.0769. The van der Waals surface area contributed by atoms with Crippen molar-refractivity contribution in [3.8, 4) is 0 Å². The van der Waals surface area contributed by atoms with E-state index in [9.17, 15) is 4.79 Å². The molecule has 0 aliphatic carbocycles. The molecule has 0 fully saturated rings. The molecule has 0 atom stereocenters. The van der Waals surface area contributed by atoms with Gasteiger partial charge < -0.3 is 9.73 Å². The molecule has 0 saturated heterocycles. The van der Waals surface area contributed by atoms with Crippen LogP contribution in [0.25, 0.3) is 0 Å². The Morgan fingerprint density at radius 1 is 1.39 bits per heavy atom. The molecule has 2 rings (SSSR count). The first-order valence-electron chi connectivity index (χ1n) is 5.42. The SMILES string of the molecule is O=C(NCCc1ccco1)c1cc(I)ccc1Br. The largest absolute Gasteiger partial charge is 0.469 e. The maximum Gasteiger partial charge on any atom is 0.252 e. The summed E-state index contributed by atoms with van der Waals surface area (Å²) in [5.74, 6) is 0.795. The molecular formula is C13H11BrINO2. The van der Waals surface area contributed by atoms with E-state index in [-0.39, 0.29) is 5.91 Å². The quantitative estimate of drug-likeness (QED) is 0.769. The number of hydrogen-bond acceptors (Lipinski definition) is 2. The van der Waals surface area contributed by atoms with Crippen LogP contribution in [0, 0.1) is 3.57 Å². The van der Waals surface area contributed by atoms with Gasteiger partial charge in [-0.15, -0.1) is 0 Å². The number of halogens is 2. The molecule has 1 aromatic heterocycles. The molecule has 0 radical (unpaired) electrons. The summed E-state index contributed by atoms with van der Waals surface area (Å²) in [7, 11) is 0. The van der Waals surface area contributed by atoms with Crippen LogP contribution in [0.1, 0.15) is 16.1 Å². The predicted octanol–water partition coefficient (Wildman–Crippen LogP) is 3.62. The van der Waals surface area contributed by atoms with E-state index in [0.29, 0.717) is 18.5 Å². The fraction of sp³-hybridized carbons (Fsp3) is 0.154. The Kier molecular flexibility index (Phi) is 4.82. The second-order valence-electron chi connectivity index (χ2n) is 3.71. The van der Waals surface area contributed by atoms with Crippen LogP contribution in [-0.2, 0) is 6.42 Å². The van der Waals surface area contributed by atoms with Gasteiger partial charge in [-0.2, -0.15) is 0 Å². The topological polar surface area (TPSA) is 42.2 Å². The molecule has 18 heavy (non-hydrogen) atoms. The third kappa shape index (κ3) is 3.58. The Balaban J connectivity index is 1.93. The number of carbonyl (C=O) groups excluding carboxylic acids is 1. The van der Waals surface area contributed by atoms with Crippen molar-refractivity contribution in [2.45, 2.75) is 6.42 Å². The lowest BCUT2D eigenvalue weighted by Gasteiger charge is -2.06. The number of benzene rings is 1. The molecule has 0 bridgehead atoms. The summed E-state index contributed by atoms with van der Waals surface area (Å²) in [6.07, 6.45) is 2.33. The number of hydrogen-bond donors (Lipinski definition) is 1. The van der Waals surface area contributed by atoms with Gasteiger partial charge in [0.1, 0.15) is 5.76 Å². The van der Waals surface area contributed by atoms with E-state index < -0.39 is 0 Å². The maximum atomic E-state index is 12.0. The lowest BCUT2D eigenvalue weighted by Crippen LogP contribution is -2.26. The molecule has 0 saturated carbocycles. The van der Waals surface area contributed by atoms with E-state index in [1.165, 1.54) is 0 Å². The molecule has 3 nitrogen and oxygen atoms in total. The summed E-state index contributed by atoms with van der Waals surface area (Å²) in [6.45, 7) is 0.560. The van der Waals surface area contributed by atoms with Crippen molar-refractivity contribution >= 4 is 44.4 Å². The Bertz CT molecular complexity index is 540. The van der Waals surface area contributed by atoms with E-state index in [1.807, 2.05) is 30.3 Å². The van der Waals surface area contributed by atoms with E-state index in [1.54, 1.807) is 6.26 Å². The minimum absolute atomic E-state index is 0.0769. The fourth-order valence-corrected chi connectivity index (χ4v) is 2.44. The van der Waals surface area contributed by atoms with Crippen molar-refractivity contribution in [1.29, 1.82) is 0 Å². The van der Waals surface area contributed by atoms with Crippen LogP contribution in [-0.4, -0.2) is 12.5 Å². The predicted molar refractivity (Wildman–Crippen MR) is 81.6 cm³/mol. The van der Waals surface area contributed by atoms with Crippen LogP contribution in [0.2, 0.25) is 0 Å². The van der Waals surface area contributed by atoms with Gasteiger partial charge in [-0.3, -0.25) is 4.79 Å². The summed E-state index contributed by atoms with van der Waals surface area (Å²) in [5.41, 5.74) is 0.654. The maximum absolute atomic E-state index is 12.0. The van der Waals surface area contributed by atoms with Crippen molar-refractivity contribution in [3.63, 3.8) is 0 Å². The summed E-state index contributed by atoms with van der Waals surface area (Å²) >= 11 is 5.56. The van der Waals surface area contributed by atoms with Gasteiger partial charge in [0.25, 0.3) is 5.91 Å². The highest BCUT2D eigenvalue weighted by atomic mass is 127. The molecule has 2 aromatic rings. The number of rotatable bonds is 4. The van der Waals surface area contributed by atoms with E-state index in [2.05, 4.69) is 43.8 Å². The lowest BCUT2D eigenvalue weighted by atomic mass is 10.2. The molecule has 94 valence electrons. The van der Waals surface area contributed by atoms with E-state index in [0.717, 1.165) is 13.8 Å². The van der Waals surface area contributed by atoms with Crippen LogP contribution >= 0.6 is 38.5 Å². The molecule has 1 N–H and O–H groups in total. The smallest absolute Gasteiger partial charge is 0.252 e. The molecular weight excluding hydrogens is 409 g/mol. The molecule has 1 heterocycles. The Morgan fingerprint density at radius 2 is 2.22 bits per heavy atom. The standard InChI is InChI=1S/C13H11BrINO2/c14-12-4-3-9(15)8-11(12)13(17)16-6-5-10-2-1-7-18-10/h1-4,7-8H,5-6H2,(H,16,17). The highest BCUT2D eigenvalue weighted by molar-refractivity contribution is 14.1. The van der Waals surface area contributed by atoms with Gasteiger partial charge in [0.2, 0.25) is 0 Å². The van der Waals surface area contributed by atoms with Crippen LogP contribution in [0.4, 0.5) is 0 Å². The second kappa shape index (κ2) is 6.38. The summed E-state index contributed by atoms with van der Waals surface area (Å²) in [6, 6.07) is 9.42. The molecule has 1 amide bonds. The number of nitrogens with one attached hydrogen (secondary N) is 1. The molecule has 0 aliphatic rings. The monoisotopic (exact) mass is 419 g/mol. The van der Waals surface area contributed by atoms with E-state index in [4.69, 9.17) is 4.42 Å². The van der Waals surface area contributed by atoms with Gasteiger partial charge in [0.05, 0.1) is 11.8 Å². The van der Waals surface area contributed by atoms with Crippen molar-refractivity contribution in [2.24, 2.45) is 0 Å². The van der Waals surface area contributed by atoms with E-state index >= 15 is 0 Å². The van der Waals surface area contributed by atoms with Crippen LogP contribution < -0.4 is 5.32 Å². The third-order valence-electron chi connectivity index (χ3n) is 2.41. The van der Waals surface area contributed by atoms with Gasteiger partial charge in [0.15, 0.2) is 0 Å². The van der Waals surface area contributed by atoms with Gasteiger partial charge in [-0.25, -0.2) is 0 Å². The summed E-state index contributed by atoms with van der Waals surface area (Å²) < 4.78 is 7.04. The van der Waals surface area contributed by atoms with Crippen molar-refractivity contribution in [2.75, 3.05) is 6.54 Å². The molecule has 0 unspecified atom stereocenters. The van der Waals surface area contributed by atoms with Crippen LogP contribution in [0.3, 0.4) is 0 Å². The van der Waals surface area contributed by atoms with Gasteiger partial charge >= 0.3 is 0 Å². The zero-order valence-corrected chi connectivity index (χ0v) is 13.2. The normalized spacial score (nSPS) is 10.3. The summed E-state index contributed by atoms with van der Waals surface area (Å²) in [5, 5.41) is 2.87. The first-order chi connectivity index (χ1) is 8.66. The number of furan rings is 1. The van der Waals surface area contributed by atoms with Crippen LogP contribution in [0.15, 0.2) is 45.5 Å². The highest BCUT2D eigenvalue weighted by Gasteiger charge is 2.10. The average Bonchev–Trinajstić information content (AvgIpc) is 2.85. The first-order valence-corrected chi connectivity index (χ1v) is 7.29. The molecule has 1 aromatic carbocycles. The summed E-state index contributed by atoms with van der Waals surface area (Å²) in [4.78, 5) is 12.0. The molecule has 0 aliphatic heterocycles. The van der Waals surface area contributed by atoms with Gasteiger partial charge in [-0.05, 0) is 68.9 Å². The number of carbonyl (C=O) groups is 1. The Morgan fingerprint density at radius 3 is 2.94 bits per heavy atom. The Hall–Kier alpha value is -0.820. The van der Waals surface area contributed by atoms with Gasteiger partial charge in [-0.1, -0.05) is 0 Å². The second-order valence-corrected chi connectivity index (χ2v) is 5.81. The minimum Gasteiger partial charge on any atom is -0.469 e. The third-order valence-corrected chi connectivity index (χ3v) is 3.77. The molecule has 0 spiro atoms. The van der Waals surface area contributed by atoms with Crippen molar-refractivity contribution in [1.82, 2.24) is 5.32 Å². The average molecular weight is 420 g/mol. The Labute approximate surface area is 127 Å². The lowest BCUT2D eigenvalue weighted by molar-refractivity contribution is 0.0953. The van der Waals surface area contributed by atoms with Crippen molar-refractivity contribution in [3.05, 3.63) is 56.0 Å². The van der Waals surface area contributed by atoms with Crippen molar-refractivity contribution < 1.29 is 9.21 Å². The van der Waals surface area contributed by atoms with Gasteiger partial charge in [0, 0.05) is 21.0 Å². The fourth-order valence-electron chi connectivity index (χ4n) is 1.52. The number of amides is 1. The first kappa shape index (κ1) is 13.6. The zero-order valence-electron chi connectivity index (χ0n) is 9.45. The molecule has 5 heteroatoms. The zero-order chi connectivity index (χ0) is 13.0.